The number of ether oxygens (including phenoxy) is 4. The second-order valence-electron chi connectivity index (χ2n) is 9.13. The Morgan fingerprint density at radius 2 is 1.40 bits per heavy atom. The van der Waals surface area contributed by atoms with E-state index in [0.717, 1.165) is 44.1 Å². The summed E-state index contributed by atoms with van der Waals surface area (Å²) in [6.07, 6.45) is 9.74. The third-order valence-electron chi connectivity index (χ3n) is 5.66. The zero-order chi connectivity index (χ0) is 29.0. The van der Waals surface area contributed by atoms with E-state index in [0.29, 0.717) is 55.3 Å². The molecule has 8 heteroatoms. The van der Waals surface area contributed by atoms with Gasteiger partial charge in [-0.1, -0.05) is 44.4 Å². The number of nitrogens with zero attached hydrogens (tertiary/aromatic N) is 1. The first-order valence-corrected chi connectivity index (χ1v) is 13.5. The predicted molar refractivity (Wildman–Crippen MR) is 152 cm³/mol. The molecule has 0 saturated heterocycles. The number of carbonyl (C=O) groups excluding carboxylic acids is 3. The van der Waals surface area contributed by atoms with E-state index in [2.05, 4.69) is 12.6 Å². The number of hydrogen-bond acceptors (Lipinski definition) is 8. The second-order valence-corrected chi connectivity index (χ2v) is 9.13. The first kappa shape index (κ1) is 31.8. The van der Waals surface area contributed by atoms with Gasteiger partial charge in [0.05, 0.1) is 31.5 Å². The van der Waals surface area contributed by atoms with Gasteiger partial charge in [-0.3, -0.25) is 0 Å². The molecule has 0 aliphatic heterocycles. The number of carbonyl (C=O) groups is 3. The Morgan fingerprint density at radius 3 is 2.02 bits per heavy atom. The van der Waals surface area contributed by atoms with Gasteiger partial charge in [0.2, 0.25) is 0 Å². The molecule has 0 aliphatic carbocycles. The fourth-order valence-electron chi connectivity index (χ4n) is 3.43. The Labute approximate surface area is 236 Å². The minimum atomic E-state index is -0.494. The molecule has 40 heavy (non-hydrogen) atoms. The van der Waals surface area contributed by atoms with Crippen LogP contribution in [0.1, 0.15) is 74.2 Å². The summed E-state index contributed by atoms with van der Waals surface area (Å²) in [6, 6.07) is 15.5. The minimum absolute atomic E-state index is 0.343. The van der Waals surface area contributed by atoms with Crippen molar-refractivity contribution < 1.29 is 33.3 Å². The maximum Gasteiger partial charge on any atom is 0.343 e. The van der Waals surface area contributed by atoms with Gasteiger partial charge in [0.1, 0.15) is 11.5 Å². The molecule has 0 spiro atoms. The van der Waals surface area contributed by atoms with Crippen LogP contribution in [0, 0.1) is 11.3 Å². The molecule has 0 N–H and O–H groups in total. The Kier molecular flexibility index (Phi) is 15.0. The van der Waals surface area contributed by atoms with E-state index >= 15 is 0 Å². The highest BCUT2D eigenvalue weighted by molar-refractivity contribution is 5.91. The third kappa shape index (κ3) is 13.4. The van der Waals surface area contributed by atoms with Crippen molar-refractivity contribution in [3.8, 4) is 17.6 Å². The van der Waals surface area contributed by atoms with E-state index < -0.39 is 11.9 Å². The molecule has 0 radical (unpaired) electrons. The van der Waals surface area contributed by atoms with Crippen LogP contribution in [0.25, 0.3) is 6.08 Å². The molecule has 2 rings (SSSR count). The molecule has 8 nitrogen and oxygen atoms in total. The molecule has 0 aromatic heterocycles. The van der Waals surface area contributed by atoms with Crippen LogP contribution >= 0.6 is 0 Å². The van der Waals surface area contributed by atoms with Gasteiger partial charge in [-0.25, -0.2) is 14.4 Å². The van der Waals surface area contributed by atoms with Crippen molar-refractivity contribution in [1.29, 1.82) is 5.26 Å². The quantitative estimate of drug-likeness (QED) is 0.0887. The van der Waals surface area contributed by atoms with Gasteiger partial charge in [-0.05, 0) is 74.2 Å². The number of nitriles is 1. The van der Waals surface area contributed by atoms with Crippen molar-refractivity contribution in [1.82, 2.24) is 0 Å². The summed E-state index contributed by atoms with van der Waals surface area (Å²) in [5.74, 6) is -0.241. The molecule has 0 fully saturated rings. The maximum absolute atomic E-state index is 12.4. The van der Waals surface area contributed by atoms with E-state index in [1.165, 1.54) is 6.08 Å². The average molecular weight is 548 g/mol. The molecule has 2 aromatic rings. The van der Waals surface area contributed by atoms with E-state index in [1.54, 1.807) is 61.5 Å². The summed E-state index contributed by atoms with van der Waals surface area (Å²) in [6.45, 7) is 6.40. The lowest BCUT2D eigenvalue weighted by atomic mass is 10.1. The van der Waals surface area contributed by atoms with Gasteiger partial charge in [0.15, 0.2) is 0 Å². The van der Waals surface area contributed by atoms with Crippen molar-refractivity contribution in [2.45, 2.75) is 58.3 Å². The van der Waals surface area contributed by atoms with Gasteiger partial charge < -0.3 is 18.9 Å². The number of benzene rings is 2. The van der Waals surface area contributed by atoms with Crippen molar-refractivity contribution in [2.24, 2.45) is 0 Å². The molecule has 212 valence electrons. The topological polar surface area (TPSA) is 112 Å². The van der Waals surface area contributed by atoms with Crippen molar-refractivity contribution in [2.75, 3.05) is 19.8 Å². The molecule has 0 heterocycles. The summed E-state index contributed by atoms with van der Waals surface area (Å²) >= 11 is 0. The SMILES string of the molecule is C=C(C)C(=O)OCCCCCCCCOC(=O)C=Cc1ccc(OC(=O)c2ccc(OCCCC#N)cc2)cc1. The van der Waals surface area contributed by atoms with Crippen LogP contribution in [-0.2, 0) is 19.1 Å². The number of esters is 3. The van der Waals surface area contributed by atoms with E-state index in [9.17, 15) is 14.4 Å². The smallest absolute Gasteiger partial charge is 0.343 e. The fourth-order valence-corrected chi connectivity index (χ4v) is 3.43. The van der Waals surface area contributed by atoms with Crippen LogP contribution in [0.3, 0.4) is 0 Å². The number of hydrogen-bond donors (Lipinski definition) is 0. The van der Waals surface area contributed by atoms with Gasteiger partial charge >= 0.3 is 17.9 Å². The molecule has 2 aromatic carbocycles. The maximum atomic E-state index is 12.4. The Morgan fingerprint density at radius 1 is 0.800 bits per heavy atom. The predicted octanol–water partition coefficient (Wildman–Crippen LogP) is 6.60. The van der Waals surface area contributed by atoms with Crippen LogP contribution in [0.4, 0.5) is 0 Å². The third-order valence-corrected chi connectivity index (χ3v) is 5.66. The molecule has 0 unspecified atom stereocenters. The highest BCUT2D eigenvalue weighted by Crippen LogP contribution is 2.18. The van der Waals surface area contributed by atoms with E-state index in [-0.39, 0.29) is 5.97 Å². The normalized spacial score (nSPS) is 10.5. The molecule has 0 atom stereocenters. The summed E-state index contributed by atoms with van der Waals surface area (Å²) < 4.78 is 21.2. The molecule has 0 amide bonds. The van der Waals surface area contributed by atoms with Gasteiger partial charge in [-0.15, -0.1) is 0 Å². The van der Waals surface area contributed by atoms with Crippen LogP contribution in [0.15, 0.2) is 66.8 Å². The molecule has 0 bridgehead atoms. The van der Waals surface area contributed by atoms with E-state index in [1.807, 2.05) is 0 Å². The van der Waals surface area contributed by atoms with Crippen LogP contribution < -0.4 is 9.47 Å². The lowest BCUT2D eigenvalue weighted by molar-refractivity contribution is -0.139. The summed E-state index contributed by atoms with van der Waals surface area (Å²) in [5.41, 5.74) is 1.57. The fraction of sp³-hybridized carbons (Fsp3) is 0.375. The summed E-state index contributed by atoms with van der Waals surface area (Å²) in [5, 5.41) is 8.55. The molecular weight excluding hydrogens is 510 g/mol. The summed E-state index contributed by atoms with van der Waals surface area (Å²) in [7, 11) is 0. The summed E-state index contributed by atoms with van der Waals surface area (Å²) in [4.78, 5) is 35.6. The van der Waals surface area contributed by atoms with Gasteiger partial charge in [-0.2, -0.15) is 5.26 Å². The Balaban J connectivity index is 1.60. The van der Waals surface area contributed by atoms with Crippen molar-refractivity contribution in [3.63, 3.8) is 0 Å². The first-order valence-electron chi connectivity index (χ1n) is 13.5. The van der Waals surface area contributed by atoms with Gasteiger partial charge in [0.25, 0.3) is 0 Å². The second kappa shape index (κ2) is 18.8. The molecule has 0 saturated carbocycles. The lowest BCUT2D eigenvalue weighted by Crippen LogP contribution is -2.08. The highest BCUT2D eigenvalue weighted by atomic mass is 16.5. The first-order chi connectivity index (χ1) is 19.4. The Hall–Kier alpha value is -4.38. The number of unbranched alkanes of at least 4 members (excludes halogenated alkanes) is 6. The Bertz CT molecular complexity index is 1160. The van der Waals surface area contributed by atoms with Crippen LogP contribution in [-0.4, -0.2) is 37.7 Å². The zero-order valence-electron chi connectivity index (χ0n) is 23.1. The zero-order valence-corrected chi connectivity index (χ0v) is 23.1. The lowest BCUT2D eigenvalue weighted by Gasteiger charge is -2.07. The average Bonchev–Trinajstić information content (AvgIpc) is 2.96. The molecular formula is C32H37NO7. The highest BCUT2D eigenvalue weighted by Gasteiger charge is 2.09. The molecule has 0 aliphatic rings. The van der Waals surface area contributed by atoms with Crippen LogP contribution in [0.2, 0.25) is 0 Å². The largest absolute Gasteiger partial charge is 0.494 e. The number of rotatable bonds is 18. The van der Waals surface area contributed by atoms with E-state index in [4.69, 9.17) is 24.2 Å². The van der Waals surface area contributed by atoms with Crippen molar-refractivity contribution in [3.05, 3.63) is 77.9 Å². The van der Waals surface area contributed by atoms with Crippen LogP contribution in [0.5, 0.6) is 11.5 Å². The minimum Gasteiger partial charge on any atom is -0.494 e. The monoisotopic (exact) mass is 547 g/mol. The standard InChI is InChI=1S/C32H37NO7/c1-25(2)31(35)39-24-9-6-4-3-5-8-23-38-30(34)20-13-26-11-16-29(17-12-26)40-32(36)27-14-18-28(19-15-27)37-22-10-7-21-33/h11-20H,1,3-10,22-24H2,2H3. The van der Waals surface area contributed by atoms with Crippen molar-refractivity contribution >= 4 is 24.0 Å². The van der Waals surface area contributed by atoms with Gasteiger partial charge in [0, 0.05) is 18.1 Å².